The molecule has 0 atom stereocenters. The van der Waals surface area contributed by atoms with Crippen molar-refractivity contribution < 1.29 is 9.18 Å². The van der Waals surface area contributed by atoms with Crippen molar-refractivity contribution >= 4 is 5.91 Å². The lowest BCUT2D eigenvalue weighted by molar-refractivity contribution is 0.0915. The number of carbonyl (C=O) groups excluding carboxylic acids is 1. The molecule has 94 valence electrons. The number of halogens is 1. The van der Waals surface area contributed by atoms with Gasteiger partial charge in [0.25, 0.3) is 5.91 Å². The van der Waals surface area contributed by atoms with Crippen LogP contribution in [0.4, 0.5) is 4.39 Å². The molecule has 17 heavy (non-hydrogen) atoms. The molecule has 1 aromatic rings. The average molecular weight is 238 g/mol. The first-order valence-corrected chi connectivity index (χ1v) is 5.55. The maximum Gasteiger partial charge on any atom is 0.254 e. The molecule has 1 rings (SSSR count). The Morgan fingerprint density at radius 1 is 1.35 bits per heavy atom. The van der Waals surface area contributed by atoms with E-state index >= 15 is 0 Å². The summed E-state index contributed by atoms with van der Waals surface area (Å²) in [6, 6.07) is 5.98. The zero-order valence-electron chi connectivity index (χ0n) is 10.7. The fraction of sp³-hybridized carbons (Fsp3) is 0.462. The van der Waals surface area contributed by atoms with Gasteiger partial charge in [0.15, 0.2) is 0 Å². The second-order valence-electron chi connectivity index (χ2n) is 4.87. The lowest BCUT2D eigenvalue weighted by atomic mass is 10.0. The molecular weight excluding hydrogens is 219 g/mol. The highest BCUT2D eigenvalue weighted by Crippen LogP contribution is 2.10. The zero-order valence-corrected chi connectivity index (χ0v) is 10.7. The molecule has 4 heteroatoms. The van der Waals surface area contributed by atoms with Crippen molar-refractivity contribution in [3.05, 3.63) is 35.6 Å². The second-order valence-corrected chi connectivity index (χ2v) is 4.87. The molecule has 0 heterocycles. The Morgan fingerprint density at radius 2 is 1.94 bits per heavy atom. The van der Waals surface area contributed by atoms with Gasteiger partial charge < -0.3 is 10.2 Å². The molecule has 1 N–H and O–H groups in total. The number of nitrogens with zero attached hydrogens (tertiary/aromatic N) is 1. The topological polar surface area (TPSA) is 32.3 Å². The smallest absolute Gasteiger partial charge is 0.254 e. The minimum absolute atomic E-state index is 0.0852. The lowest BCUT2D eigenvalue weighted by Crippen LogP contribution is -2.48. The Morgan fingerprint density at radius 3 is 2.47 bits per heavy atom. The van der Waals surface area contributed by atoms with E-state index in [0.717, 1.165) is 0 Å². The van der Waals surface area contributed by atoms with Gasteiger partial charge in [-0.3, -0.25) is 4.79 Å². The van der Waals surface area contributed by atoms with Gasteiger partial charge in [0.05, 0.1) is 5.56 Å². The number of hydrogen-bond donors (Lipinski definition) is 1. The molecule has 0 spiro atoms. The number of amides is 1. The third kappa shape index (κ3) is 3.53. The van der Waals surface area contributed by atoms with Gasteiger partial charge in [0.2, 0.25) is 0 Å². The molecular formula is C13H19FN2O. The van der Waals surface area contributed by atoms with E-state index in [9.17, 15) is 9.18 Å². The largest absolute Gasteiger partial charge is 0.350 e. The van der Waals surface area contributed by atoms with Crippen LogP contribution >= 0.6 is 0 Å². The van der Waals surface area contributed by atoms with Crippen LogP contribution in [0.2, 0.25) is 0 Å². The normalized spacial score (nSPS) is 11.6. The number of benzene rings is 1. The van der Waals surface area contributed by atoms with Gasteiger partial charge in [0, 0.05) is 12.1 Å². The van der Waals surface area contributed by atoms with Crippen LogP contribution in [0.1, 0.15) is 24.2 Å². The first-order valence-electron chi connectivity index (χ1n) is 5.55. The molecule has 0 aliphatic carbocycles. The van der Waals surface area contributed by atoms with Gasteiger partial charge in [0.1, 0.15) is 5.82 Å². The van der Waals surface area contributed by atoms with Crippen LogP contribution < -0.4 is 5.32 Å². The molecule has 0 bridgehead atoms. The van der Waals surface area contributed by atoms with Crippen LogP contribution in [0.3, 0.4) is 0 Å². The summed E-state index contributed by atoms with van der Waals surface area (Å²) in [5, 5.41) is 2.74. The van der Waals surface area contributed by atoms with Gasteiger partial charge in [-0.15, -0.1) is 0 Å². The van der Waals surface area contributed by atoms with Crippen molar-refractivity contribution in [1.29, 1.82) is 0 Å². The summed E-state index contributed by atoms with van der Waals surface area (Å²) in [4.78, 5) is 13.8. The van der Waals surface area contributed by atoms with Crippen molar-refractivity contribution in [3.63, 3.8) is 0 Å². The highest BCUT2D eigenvalue weighted by atomic mass is 19.1. The molecule has 0 unspecified atom stereocenters. The zero-order chi connectivity index (χ0) is 13.1. The molecule has 0 saturated heterocycles. The molecule has 0 radical (unpaired) electrons. The van der Waals surface area contributed by atoms with Crippen molar-refractivity contribution in [2.75, 3.05) is 20.6 Å². The predicted molar refractivity (Wildman–Crippen MR) is 66.5 cm³/mol. The van der Waals surface area contributed by atoms with E-state index < -0.39 is 5.82 Å². The first-order chi connectivity index (χ1) is 7.84. The lowest BCUT2D eigenvalue weighted by Gasteiger charge is -2.32. The van der Waals surface area contributed by atoms with E-state index in [4.69, 9.17) is 0 Å². The molecule has 3 nitrogen and oxygen atoms in total. The number of hydrogen-bond acceptors (Lipinski definition) is 2. The maximum absolute atomic E-state index is 13.3. The highest BCUT2D eigenvalue weighted by Gasteiger charge is 2.22. The number of nitrogens with one attached hydrogen (secondary N) is 1. The summed E-state index contributed by atoms with van der Waals surface area (Å²) in [7, 11) is 3.88. The van der Waals surface area contributed by atoms with E-state index in [1.54, 1.807) is 12.1 Å². The van der Waals surface area contributed by atoms with Gasteiger partial charge in [-0.05, 0) is 40.1 Å². The van der Waals surface area contributed by atoms with E-state index in [1.165, 1.54) is 12.1 Å². The summed E-state index contributed by atoms with van der Waals surface area (Å²) in [6.07, 6.45) is 0. The monoisotopic (exact) mass is 238 g/mol. The molecule has 0 aliphatic rings. The van der Waals surface area contributed by atoms with Crippen molar-refractivity contribution in [2.45, 2.75) is 19.4 Å². The van der Waals surface area contributed by atoms with E-state index in [-0.39, 0.29) is 17.0 Å². The Bertz CT molecular complexity index is 402. The SMILES string of the molecule is CN(C)C(C)(C)CNC(=O)c1ccccc1F. The maximum atomic E-state index is 13.3. The summed E-state index contributed by atoms with van der Waals surface area (Å²) < 4.78 is 13.3. The van der Waals surface area contributed by atoms with Crippen LogP contribution in [0.25, 0.3) is 0 Å². The van der Waals surface area contributed by atoms with Crippen LogP contribution in [-0.4, -0.2) is 37.0 Å². The Balaban J connectivity index is 2.66. The van der Waals surface area contributed by atoms with Crippen molar-refractivity contribution in [1.82, 2.24) is 10.2 Å². The van der Waals surface area contributed by atoms with Crippen LogP contribution in [-0.2, 0) is 0 Å². The Hall–Kier alpha value is -1.42. The van der Waals surface area contributed by atoms with Gasteiger partial charge >= 0.3 is 0 Å². The van der Waals surface area contributed by atoms with Crippen molar-refractivity contribution in [2.24, 2.45) is 0 Å². The highest BCUT2D eigenvalue weighted by molar-refractivity contribution is 5.94. The van der Waals surface area contributed by atoms with Gasteiger partial charge in [-0.1, -0.05) is 12.1 Å². The van der Waals surface area contributed by atoms with Crippen LogP contribution in [0, 0.1) is 5.82 Å². The molecule has 0 aromatic heterocycles. The number of likely N-dealkylation sites (N-methyl/N-ethyl adjacent to an activating group) is 1. The summed E-state index contributed by atoms with van der Waals surface area (Å²) in [5.41, 5.74) is -0.0805. The summed E-state index contributed by atoms with van der Waals surface area (Å²) in [6.45, 7) is 4.48. The van der Waals surface area contributed by atoms with Gasteiger partial charge in [-0.2, -0.15) is 0 Å². The molecule has 0 aliphatic heterocycles. The molecule has 1 amide bonds. The molecule has 0 fully saturated rings. The van der Waals surface area contributed by atoms with Crippen molar-refractivity contribution in [3.8, 4) is 0 Å². The Labute approximate surface area is 102 Å². The second kappa shape index (κ2) is 5.27. The fourth-order valence-electron chi connectivity index (χ4n) is 1.20. The quantitative estimate of drug-likeness (QED) is 0.869. The van der Waals surface area contributed by atoms with E-state index in [2.05, 4.69) is 5.32 Å². The van der Waals surface area contributed by atoms with E-state index in [1.807, 2.05) is 32.8 Å². The average Bonchev–Trinajstić information content (AvgIpc) is 2.26. The number of rotatable bonds is 4. The molecule has 0 saturated carbocycles. The third-order valence-electron chi connectivity index (χ3n) is 3.01. The summed E-state index contributed by atoms with van der Waals surface area (Å²) >= 11 is 0. The standard InChI is InChI=1S/C13H19FN2O/c1-13(2,16(3)4)9-15-12(17)10-7-5-6-8-11(10)14/h5-8H,9H2,1-4H3,(H,15,17). The third-order valence-corrected chi connectivity index (χ3v) is 3.01. The van der Waals surface area contributed by atoms with Crippen LogP contribution in [0.15, 0.2) is 24.3 Å². The summed E-state index contributed by atoms with van der Waals surface area (Å²) in [5.74, 6) is -0.870. The Kier molecular flexibility index (Phi) is 4.23. The van der Waals surface area contributed by atoms with Gasteiger partial charge in [-0.25, -0.2) is 4.39 Å². The van der Waals surface area contributed by atoms with E-state index in [0.29, 0.717) is 6.54 Å². The first kappa shape index (κ1) is 13.6. The fourth-order valence-corrected chi connectivity index (χ4v) is 1.20. The predicted octanol–water partition coefficient (Wildman–Crippen LogP) is 1.90. The minimum Gasteiger partial charge on any atom is -0.350 e. The molecule has 1 aromatic carbocycles. The van der Waals surface area contributed by atoms with Crippen LogP contribution in [0.5, 0.6) is 0 Å². The number of carbonyl (C=O) groups is 1. The minimum atomic E-state index is -0.493.